The quantitative estimate of drug-likeness (QED) is 0.818. The molecule has 1 aromatic heterocycles. The van der Waals surface area contributed by atoms with Crippen LogP contribution < -0.4 is 4.72 Å². The molecule has 0 bridgehead atoms. The predicted molar refractivity (Wildman–Crippen MR) is 97.8 cm³/mol. The molecular formula is C17H22N2O3S2. The summed E-state index contributed by atoms with van der Waals surface area (Å²) < 4.78 is 24.6. The number of thiophene rings is 1. The number of carbonyl (C=O) groups is 1. The molecule has 0 spiro atoms. The molecule has 1 amide bonds. The van der Waals surface area contributed by atoms with Gasteiger partial charge in [-0.15, -0.1) is 11.3 Å². The average Bonchev–Trinajstić information content (AvgIpc) is 2.96. The molecule has 2 aromatic rings. The van der Waals surface area contributed by atoms with E-state index in [2.05, 4.69) is 4.72 Å². The fourth-order valence-electron chi connectivity index (χ4n) is 2.21. The van der Waals surface area contributed by atoms with Gasteiger partial charge in [0.05, 0.1) is 11.1 Å². The number of amides is 1. The summed E-state index contributed by atoms with van der Waals surface area (Å²) in [5.74, 6) is -0.0251. The van der Waals surface area contributed by atoms with Crippen LogP contribution in [0.4, 0.5) is 0 Å². The van der Waals surface area contributed by atoms with Crippen molar-refractivity contribution >= 4 is 27.3 Å². The maximum absolute atomic E-state index is 12.5. The Bertz CT molecular complexity index is 795. The molecular weight excluding hydrogens is 344 g/mol. The molecule has 0 unspecified atom stereocenters. The Morgan fingerprint density at radius 3 is 2.46 bits per heavy atom. The lowest BCUT2D eigenvalue weighted by molar-refractivity contribution is 0.0790. The van der Waals surface area contributed by atoms with Crippen molar-refractivity contribution in [3.05, 3.63) is 57.3 Å². The summed E-state index contributed by atoms with van der Waals surface area (Å²) in [6.07, 6.45) is 1.71. The largest absolute Gasteiger partial charge is 0.337 e. The second-order valence-electron chi connectivity index (χ2n) is 5.83. The van der Waals surface area contributed by atoms with Gasteiger partial charge in [-0.2, -0.15) is 0 Å². The summed E-state index contributed by atoms with van der Waals surface area (Å²) in [5, 5.41) is 0. The number of carbonyl (C=O) groups excluding carboxylic acids is 1. The first-order valence-corrected chi connectivity index (χ1v) is 10.3. The summed E-state index contributed by atoms with van der Waals surface area (Å²) in [6.45, 7) is 2.93. The number of nitrogens with zero attached hydrogens (tertiary/aromatic N) is 1. The van der Waals surface area contributed by atoms with E-state index in [4.69, 9.17) is 0 Å². The molecule has 5 nitrogen and oxygen atoms in total. The van der Waals surface area contributed by atoms with Crippen LogP contribution in [0.3, 0.4) is 0 Å². The Morgan fingerprint density at radius 2 is 1.83 bits per heavy atom. The van der Waals surface area contributed by atoms with Crippen LogP contribution in [0.15, 0.2) is 36.4 Å². The first-order valence-electron chi connectivity index (χ1n) is 7.59. The standard InChI is InChI=1S/C17H22N2O3S2/c1-13-4-6-14(7-5-13)12-19(2)17(20)16-9-8-15(23-16)10-11-18-24(3,21)22/h4-9,18H,10-12H2,1-3H3. The summed E-state index contributed by atoms with van der Waals surface area (Å²) >= 11 is 1.41. The van der Waals surface area contributed by atoms with Gasteiger partial charge in [-0.05, 0) is 31.0 Å². The first-order chi connectivity index (χ1) is 11.2. The van der Waals surface area contributed by atoms with E-state index < -0.39 is 10.0 Å². The summed E-state index contributed by atoms with van der Waals surface area (Å²) in [5.41, 5.74) is 2.28. The monoisotopic (exact) mass is 366 g/mol. The van der Waals surface area contributed by atoms with Crippen LogP contribution in [0.25, 0.3) is 0 Å². The molecule has 130 valence electrons. The molecule has 1 N–H and O–H groups in total. The van der Waals surface area contributed by atoms with Crippen LogP contribution in [0, 0.1) is 6.92 Å². The lowest BCUT2D eigenvalue weighted by Gasteiger charge is -2.16. The van der Waals surface area contributed by atoms with Crippen molar-refractivity contribution in [2.75, 3.05) is 19.8 Å². The van der Waals surface area contributed by atoms with E-state index in [1.807, 2.05) is 37.3 Å². The van der Waals surface area contributed by atoms with E-state index in [1.54, 1.807) is 18.0 Å². The molecule has 0 radical (unpaired) electrons. The van der Waals surface area contributed by atoms with Gasteiger partial charge in [0.25, 0.3) is 5.91 Å². The van der Waals surface area contributed by atoms with Crippen molar-refractivity contribution in [1.82, 2.24) is 9.62 Å². The third kappa shape index (κ3) is 5.74. The van der Waals surface area contributed by atoms with E-state index in [1.165, 1.54) is 16.9 Å². The highest BCUT2D eigenvalue weighted by Gasteiger charge is 2.14. The number of nitrogens with one attached hydrogen (secondary N) is 1. The molecule has 0 saturated heterocycles. The van der Waals surface area contributed by atoms with E-state index in [9.17, 15) is 13.2 Å². The highest BCUT2D eigenvalue weighted by atomic mass is 32.2. The van der Waals surface area contributed by atoms with Crippen molar-refractivity contribution in [1.29, 1.82) is 0 Å². The van der Waals surface area contributed by atoms with Crippen molar-refractivity contribution in [3.8, 4) is 0 Å². The summed E-state index contributed by atoms with van der Waals surface area (Å²) in [6, 6.07) is 11.8. The average molecular weight is 367 g/mol. The van der Waals surface area contributed by atoms with Crippen LogP contribution in [0.1, 0.15) is 25.7 Å². The molecule has 0 aliphatic carbocycles. The summed E-state index contributed by atoms with van der Waals surface area (Å²) in [7, 11) is -1.39. The van der Waals surface area contributed by atoms with Gasteiger partial charge in [0.2, 0.25) is 10.0 Å². The Kier molecular flexibility index (Phi) is 6.15. The van der Waals surface area contributed by atoms with Gasteiger partial charge in [0, 0.05) is 25.0 Å². The van der Waals surface area contributed by atoms with Crippen LogP contribution in [0.2, 0.25) is 0 Å². The van der Waals surface area contributed by atoms with Gasteiger partial charge in [-0.3, -0.25) is 4.79 Å². The van der Waals surface area contributed by atoms with Gasteiger partial charge in [-0.25, -0.2) is 13.1 Å². The number of aryl methyl sites for hydroxylation is 1. The van der Waals surface area contributed by atoms with Crippen molar-refractivity contribution < 1.29 is 13.2 Å². The second-order valence-corrected chi connectivity index (χ2v) is 8.83. The highest BCUT2D eigenvalue weighted by molar-refractivity contribution is 7.88. The lowest BCUT2D eigenvalue weighted by atomic mass is 10.1. The van der Waals surface area contributed by atoms with Crippen molar-refractivity contribution in [2.45, 2.75) is 19.9 Å². The zero-order valence-corrected chi connectivity index (χ0v) is 15.7. The van der Waals surface area contributed by atoms with Gasteiger partial charge in [0.1, 0.15) is 0 Å². The van der Waals surface area contributed by atoms with Crippen LogP contribution in [-0.4, -0.2) is 39.1 Å². The second kappa shape index (κ2) is 7.92. The molecule has 7 heteroatoms. The third-order valence-corrected chi connectivity index (χ3v) is 5.36. The van der Waals surface area contributed by atoms with Gasteiger partial charge >= 0.3 is 0 Å². The van der Waals surface area contributed by atoms with E-state index in [0.29, 0.717) is 24.4 Å². The fraction of sp³-hybridized carbons (Fsp3) is 0.353. The Hall–Kier alpha value is -1.70. The summed E-state index contributed by atoms with van der Waals surface area (Å²) in [4.78, 5) is 15.8. The SMILES string of the molecule is Cc1ccc(CN(C)C(=O)c2ccc(CCNS(C)(=O)=O)s2)cc1. The van der Waals surface area contributed by atoms with Crippen LogP contribution in [-0.2, 0) is 23.0 Å². The zero-order valence-electron chi connectivity index (χ0n) is 14.1. The smallest absolute Gasteiger partial charge is 0.263 e. The molecule has 0 atom stereocenters. The minimum atomic E-state index is -3.18. The fourth-order valence-corrected chi connectivity index (χ4v) is 3.69. The Morgan fingerprint density at radius 1 is 1.17 bits per heavy atom. The molecule has 0 aliphatic heterocycles. The molecule has 0 saturated carbocycles. The van der Waals surface area contributed by atoms with Crippen LogP contribution in [0.5, 0.6) is 0 Å². The number of rotatable bonds is 7. The van der Waals surface area contributed by atoms with E-state index in [-0.39, 0.29) is 5.91 Å². The zero-order chi connectivity index (χ0) is 17.7. The number of sulfonamides is 1. The van der Waals surface area contributed by atoms with Crippen molar-refractivity contribution in [2.24, 2.45) is 0 Å². The normalized spacial score (nSPS) is 11.5. The molecule has 2 rings (SSSR count). The first kappa shape index (κ1) is 18.6. The van der Waals surface area contributed by atoms with E-state index in [0.717, 1.165) is 16.7 Å². The Balaban J connectivity index is 1.93. The van der Waals surface area contributed by atoms with Crippen molar-refractivity contribution in [3.63, 3.8) is 0 Å². The third-order valence-electron chi connectivity index (χ3n) is 3.50. The lowest BCUT2D eigenvalue weighted by Crippen LogP contribution is -2.25. The minimum absolute atomic E-state index is 0.0251. The maximum atomic E-state index is 12.5. The van der Waals surface area contributed by atoms with Gasteiger partial charge in [0.15, 0.2) is 0 Å². The number of benzene rings is 1. The minimum Gasteiger partial charge on any atom is -0.337 e. The van der Waals surface area contributed by atoms with Gasteiger partial charge in [-0.1, -0.05) is 29.8 Å². The molecule has 1 heterocycles. The number of hydrogen-bond acceptors (Lipinski definition) is 4. The topological polar surface area (TPSA) is 66.5 Å². The molecule has 0 fully saturated rings. The molecule has 0 aliphatic rings. The van der Waals surface area contributed by atoms with Gasteiger partial charge < -0.3 is 4.90 Å². The highest BCUT2D eigenvalue weighted by Crippen LogP contribution is 2.19. The van der Waals surface area contributed by atoms with Crippen LogP contribution >= 0.6 is 11.3 Å². The Labute approximate surface area is 147 Å². The predicted octanol–water partition coefficient (Wildman–Crippen LogP) is 2.42. The van der Waals surface area contributed by atoms with E-state index >= 15 is 0 Å². The molecule has 1 aromatic carbocycles. The maximum Gasteiger partial charge on any atom is 0.263 e. The number of hydrogen-bond donors (Lipinski definition) is 1. The molecule has 24 heavy (non-hydrogen) atoms.